The van der Waals surface area contributed by atoms with E-state index in [0.29, 0.717) is 16.6 Å². The zero-order valence-electron chi connectivity index (χ0n) is 12.2. The minimum absolute atomic E-state index is 0.618. The fourth-order valence-corrected chi connectivity index (χ4v) is 2.49. The van der Waals surface area contributed by atoms with Crippen LogP contribution in [0.2, 0.25) is 5.02 Å². The number of nitriles is 1. The van der Waals surface area contributed by atoms with Gasteiger partial charge >= 0.3 is 0 Å². The van der Waals surface area contributed by atoms with Crippen LogP contribution in [0.25, 0.3) is 5.69 Å². The number of halogens is 1. The molecule has 1 N–H and O–H groups in total. The Labute approximate surface area is 129 Å². The van der Waals surface area contributed by atoms with Crippen molar-refractivity contribution < 1.29 is 0 Å². The molecule has 2 aromatic rings. The van der Waals surface area contributed by atoms with Gasteiger partial charge in [0.15, 0.2) is 0 Å². The van der Waals surface area contributed by atoms with Gasteiger partial charge in [0.2, 0.25) is 0 Å². The Morgan fingerprint density at radius 3 is 2.76 bits per heavy atom. The lowest BCUT2D eigenvalue weighted by Gasteiger charge is -2.09. The molecule has 1 aromatic carbocycles. The molecule has 0 unspecified atom stereocenters. The number of hydrogen-bond donors (Lipinski definition) is 1. The molecule has 0 saturated heterocycles. The van der Waals surface area contributed by atoms with Crippen LogP contribution in [0, 0.1) is 25.2 Å². The predicted octanol–water partition coefficient (Wildman–Crippen LogP) is 3.27. The summed E-state index contributed by atoms with van der Waals surface area (Å²) in [6.07, 6.45) is 2.51. The highest BCUT2D eigenvalue weighted by Crippen LogP contribution is 2.25. The van der Waals surface area contributed by atoms with E-state index in [1.807, 2.05) is 32.0 Å². The third-order valence-corrected chi connectivity index (χ3v) is 4.33. The number of nitrogens with one attached hydrogen (secondary N) is 1. The van der Waals surface area contributed by atoms with Gasteiger partial charge in [-0.25, -0.2) is 4.68 Å². The molecular formula is C16H17ClN4. The first-order valence-electron chi connectivity index (χ1n) is 7.08. The van der Waals surface area contributed by atoms with Crippen LogP contribution in [0.15, 0.2) is 18.2 Å². The number of nitrogens with zero attached hydrogens (tertiary/aromatic N) is 3. The van der Waals surface area contributed by atoms with E-state index < -0.39 is 0 Å². The highest BCUT2D eigenvalue weighted by atomic mass is 35.5. The summed E-state index contributed by atoms with van der Waals surface area (Å²) in [4.78, 5) is 0. The van der Waals surface area contributed by atoms with Crippen LogP contribution in [-0.4, -0.2) is 15.8 Å². The van der Waals surface area contributed by atoms with Crippen LogP contribution in [0.3, 0.4) is 0 Å². The van der Waals surface area contributed by atoms with Crippen molar-refractivity contribution in [2.75, 3.05) is 0 Å². The molecular weight excluding hydrogens is 284 g/mol. The van der Waals surface area contributed by atoms with Gasteiger partial charge in [-0.1, -0.05) is 17.7 Å². The average molecular weight is 301 g/mol. The number of aromatic nitrogens is 2. The van der Waals surface area contributed by atoms with Crippen molar-refractivity contribution in [3.05, 3.63) is 45.7 Å². The van der Waals surface area contributed by atoms with Crippen LogP contribution < -0.4 is 5.32 Å². The molecule has 0 radical (unpaired) electrons. The van der Waals surface area contributed by atoms with E-state index in [1.165, 1.54) is 12.8 Å². The highest BCUT2D eigenvalue weighted by molar-refractivity contribution is 6.31. The standard InChI is InChI=1S/C16H17ClN4/c1-10-16(17)11(2)21(20-10)15-6-3-12(7-13(15)8-18)9-19-14-4-5-14/h3,6-7,14,19H,4-5,9H2,1-2H3. The smallest absolute Gasteiger partial charge is 0.101 e. The Bertz CT molecular complexity index is 723. The third-order valence-electron chi connectivity index (χ3n) is 3.78. The van der Waals surface area contributed by atoms with E-state index in [4.69, 9.17) is 11.6 Å². The molecule has 3 rings (SSSR count). The van der Waals surface area contributed by atoms with Gasteiger partial charge in [-0.2, -0.15) is 10.4 Å². The molecule has 0 amide bonds. The SMILES string of the molecule is Cc1nn(-c2ccc(CNC3CC3)cc2C#N)c(C)c1Cl. The molecule has 5 heteroatoms. The first-order valence-corrected chi connectivity index (χ1v) is 7.46. The van der Waals surface area contributed by atoms with Crippen molar-refractivity contribution in [3.63, 3.8) is 0 Å². The first kappa shape index (κ1) is 14.1. The Morgan fingerprint density at radius 2 is 2.19 bits per heavy atom. The van der Waals surface area contributed by atoms with Gasteiger partial charge in [-0.05, 0) is 44.4 Å². The quantitative estimate of drug-likeness (QED) is 0.943. The van der Waals surface area contributed by atoms with Crippen molar-refractivity contribution in [1.82, 2.24) is 15.1 Å². The summed E-state index contributed by atoms with van der Waals surface area (Å²) in [7, 11) is 0. The average Bonchev–Trinajstić information content (AvgIpc) is 3.29. The number of benzene rings is 1. The molecule has 1 aromatic heterocycles. The molecule has 4 nitrogen and oxygen atoms in total. The van der Waals surface area contributed by atoms with Crippen molar-refractivity contribution in [2.45, 2.75) is 39.3 Å². The Morgan fingerprint density at radius 1 is 1.43 bits per heavy atom. The van der Waals surface area contributed by atoms with Gasteiger partial charge in [0.1, 0.15) is 6.07 Å². The first-order chi connectivity index (χ1) is 10.1. The van der Waals surface area contributed by atoms with Crippen LogP contribution in [0.5, 0.6) is 0 Å². The second-order valence-electron chi connectivity index (χ2n) is 5.52. The Hall–Kier alpha value is -1.83. The molecule has 0 aliphatic heterocycles. The molecule has 21 heavy (non-hydrogen) atoms. The van der Waals surface area contributed by atoms with Crippen molar-refractivity contribution in [3.8, 4) is 11.8 Å². The maximum absolute atomic E-state index is 9.42. The molecule has 0 bridgehead atoms. The van der Waals surface area contributed by atoms with Crippen LogP contribution >= 0.6 is 11.6 Å². The van der Waals surface area contributed by atoms with Gasteiger partial charge in [0.25, 0.3) is 0 Å². The molecule has 0 atom stereocenters. The van der Waals surface area contributed by atoms with Crippen LogP contribution in [-0.2, 0) is 6.54 Å². The second-order valence-corrected chi connectivity index (χ2v) is 5.89. The summed E-state index contributed by atoms with van der Waals surface area (Å²) < 4.78 is 1.74. The largest absolute Gasteiger partial charge is 0.310 e. The Kier molecular flexibility index (Phi) is 3.71. The number of rotatable bonds is 4. The molecule has 1 fully saturated rings. The number of aryl methyl sites for hydroxylation is 1. The van der Waals surface area contributed by atoms with Gasteiger partial charge in [0.05, 0.1) is 27.7 Å². The fourth-order valence-electron chi connectivity index (χ4n) is 2.38. The van der Waals surface area contributed by atoms with Gasteiger partial charge < -0.3 is 5.32 Å². The van der Waals surface area contributed by atoms with E-state index in [1.54, 1.807) is 4.68 Å². The summed E-state index contributed by atoms with van der Waals surface area (Å²) in [6, 6.07) is 8.83. The van der Waals surface area contributed by atoms with Crippen molar-refractivity contribution >= 4 is 11.6 Å². The fraction of sp³-hybridized carbons (Fsp3) is 0.375. The van der Waals surface area contributed by atoms with E-state index in [2.05, 4.69) is 16.5 Å². The minimum Gasteiger partial charge on any atom is -0.310 e. The Balaban J connectivity index is 1.94. The predicted molar refractivity (Wildman–Crippen MR) is 82.6 cm³/mol. The zero-order chi connectivity index (χ0) is 15.0. The van der Waals surface area contributed by atoms with E-state index in [0.717, 1.165) is 29.2 Å². The third kappa shape index (κ3) is 2.80. The van der Waals surface area contributed by atoms with Crippen LogP contribution in [0.1, 0.15) is 35.4 Å². The zero-order valence-corrected chi connectivity index (χ0v) is 12.9. The maximum Gasteiger partial charge on any atom is 0.101 e. The lowest BCUT2D eigenvalue weighted by atomic mass is 10.1. The second kappa shape index (κ2) is 5.51. The maximum atomic E-state index is 9.42. The minimum atomic E-state index is 0.618. The highest BCUT2D eigenvalue weighted by Gasteiger charge is 2.20. The molecule has 1 aliphatic rings. The summed E-state index contributed by atoms with van der Waals surface area (Å²) in [6.45, 7) is 4.58. The van der Waals surface area contributed by atoms with Gasteiger partial charge in [-0.3, -0.25) is 0 Å². The molecule has 1 heterocycles. The van der Waals surface area contributed by atoms with E-state index in [-0.39, 0.29) is 0 Å². The molecule has 0 spiro atoms. The normalized spacial score (nSPS) is 14.2. The van der Waals surface area contributed by atoms with Gasteiger partial charge in [0, 0.05) is 12.6 Å². The van der Waals surface area contributed by atoms with Crippen molar-refractivity contribution in [2.24, 2.45) is 0 Å². The number of hydrogen-bond acceptors (Lipinski definition) is 3. The van der Waals surface area contributed by atoms with E-state index >= 15 is 0 Å². The molecule has 1 aliphatic carbocycles. The molecule has 108 valence electrons. The summed E-state index contributed by atoms with van der Waals surface area (Å²) in [5.41, 5.74) is 4.15. The monoisotopic (exact) mass is 300 g/mol. The van der Waals surface area contributed by atoms with Crippen molar-refractivity contribution in [1.29, 1.82) is 5.26 Å². The molecule has 1 saturated carbocycles. The van der Waals surface area contributed by atoms with Gasteiger partial charge in [-0.15, -0.1) is 0 Å². The summed E-state index contributed by atoms with van der Waals surface area (Å²) in [5, 5.41) is 17.9. The summed E-state index contributed by atoms with van der Waals surface area (Å²) >= 11 is 6.19. The lowest BCUT2D eigenvalue weighted by molar-refractivity contribution is 0.687. The topological polar surface area (TPSA) is 53.6 Å². The van der Waals surface area contributed by atoms with E-state index in [9.17, 15) is 5.26 Å². The summed E-state index contributed by atoms with van der Waals surface area (Å²) in [5.74, 6) is 0. The lowest BCUT2D eigenvalue weighted by Crippen LogP contribution is -2.15. The van der Waals surface area contributed by atoms with Crippen LogP contribution in [0.4, 0.5) is 0 Å².